The van der Waals surface area contributed by atoms with Gasteiger partial charge in [0, 0.05) is 22.9 Å². The molecular weight excluding hydrogens is 454 g/mol. The van der Waals surface area contributed by atoms with Gasteiger partial charge in [0.25, 0.3) is 11.8 Å². The number of aromatic nitrogens is 2. The molecule has 0 aliphatic carbocycles. The molecule has 0 spiro atoms. The molecule has 8 heteroatoms. The first-order valence-corrected chi connectivity index (χ1v) is 11.6. The first-order valence-electron chi connectivity index (χ1n) is 11.6. The van der Waals surface area contributed by atoms with Gasteiger partial charge in [-0.1, -0.05) is 48.0 Å². The van der Waals surface area contributed by atoms with E-state index >= 15 is 0 Å². The van der Waals surface area contributed by atoms with E-state index in [0.717, 1.165) is 28.1 Å². The molecule has 3 aromatic carbocycles. The molecular formula is C28H27N5O3. The van der Waals surface area contributed by atoms with Crippen LogP contribution in [0.3, 0.4) is 0 Å². The van der Waals surface area contributed by atoms with Crippen LogP contribution in [0.15, 0.2) is 90.2 Å². The Kier molecular flexibility index (Phi) is 7.87. The van der Waals surface area contributed by atoms with Crippen molar-refractivity contribution < 1.29 is 14.3 Å². The number of carbonyl (C=O) groups is 2. The SMILES string of the molecule is CCOc1ccc(C(=O)NCC(=O)N/N=C\c2cn(-c3ccccc3)nc2-c2ccc(C)cc2)cc1. The zero-order chi connectivity index (χ0) is 25.3. The lowest BCUT2D eigenvalue weighted by atomic mass is 10.1. The number of benzene rings is 3. The summed E-state index contributed by atoms with van der Waals surface area (Å²) in [7, 11) is 0. The molecule has 4 aromatic rings. The Bertz CT molecular complexity index is 1340. The first kappa shape index (κ1) is 24.4. The highest BCUT2D eigenvalue weighted by Gasteiger charge is 2.12. The third kappa shape index (κ3) is 6.24. The fraction of sp³-hybridized carbons (Fsp3) is 0.143. The third-order valence-corrected chi connectivity index (χ3v) is 5.32. The molecule has 4 rings (SSSR count). The van der Waals surface area contributed by atoms with Crippen molar-refractivity contribution in [3.63, 3.8) is 0 Å². The van der Waals surface area contributed by atoms with Crippen LogP contribution in [-0.4, -0.2) is 41.0 Å². The Morgan fingerprint density at radius 1 is 1.00 bits per heavy atom. The second-order valence-electron chi connectivity index (χ2n) is 8.01. The zero-order valence-electron chi connectivity index (χ0n) is 20.1. The summed E-state index contributed by atoms with van der Waals surface area (Å²) in [6.07, 6.45) is 3.40. The average molecular weight is 482 g/mol. The van der Waals surface area contributed by atoms with Crippen LogP contribution in [0.4, 0.5) is 0 Å². The van der Waals surface area contributed by atoms with E-state index in [1.807, 2.05) is 74.6 Å². The summed E-state index contributed by atoms with van der Waals surface area (Å²) in [5.41, 5.74) is 7.36. The number of nitrogens with zero attached hydrogens (tertiary/aromatic N) is 3. The highest BCUT2D eigenvalue weighted by atomic mass is 16.5. The maximum absolute atomic E-state index is 12.3. The zero-order valence-corrected chi connectivity index (χ0v) is 20.1. The normalized spacial score (nSPS) is 10.8. The first-order chi connectivity index (χ1) is 17.5. The number of rotatable bonds is 9. The van der Waals surface area contributed by atoms with Gasteiger partial charge < -0.3 is 10.1 Å². The van der Waals surface area contributed by atoms with Gasteiger partial charge in [0.15, 0.2) is 0 Å². The van der Waals surface area contributed by atoms with Crippen LogP contribution in [0.2, 0.25) is 0 Å². The molecule has 2 N–H and O–H groups in total. The minimum absolute atomic E-state index is 0.211. The Morgan fingerprint density at radius 2 is 1.72 bits per heavy atom. The van der Waals surface area contributed by atoms with E-state index in [1.165, 1.54) is 0 Å². The molecule has 8 nitrogen and oxygen atoms in total. The smallest absolute Gasteiger partial charge is 0.259 e. The van der Waals surface area contributed by atoms with Gasteiger partial charge in [0.05, 0.1) is 25.1 Å². The lowest BCUT2D eigenvalue weighted by molar-refractivity contribution is -0.120. The number of hydrogen-bond acceptors (Lipinski definition) is 5. The fourth-order valence-electron chi connectivity index (χ4n) is 3.48. The second-order valence-corrected chi connectivity index (χ2v) is 8.01. The largest absolute Gasteiger partial charge is 0.494 e. The van der Waals surface area contributed by atoms with E-state index in [4.69, 9.17) is 9.84 Å². The lowest BCUT2D eigenvalue weighted by Gasteiger charge is -2.06. The van der Waals surface area contributed by atoms with Gasteiger partial charge in [-0.25, -0.2) is 10.1 Å². The Morgan fingerprint density at radius 3 is 2.42 bits per heavy atom. The number of amides is 2. The highest BCUT2D eigenvalue weighted by molar-refractivity contribution is 5.96. The summed E-state index contributed by atoms with van der Waals surface area (Å²) in [6.45, 7) is 4.25. The summed E-state index contributed by atoms with van der Waals surface area (Å²) in [6, 6.07) is 24.5. The van der Waals surface area contributed by atoms with Crippen LogP contribution in [0.5, 0.6) is 5.75 Å². The van der Waals surface area contributed by atoms with Crippen molar-refractivity contribution in [2.45, 2.75) is 13.8 Å². The van der Waals surface area contributed by atoms with Crippen molar-refractivity contribution in [1.82, 2.24) is 20.5 Å². The van der Waals surface area contributed by atoms with Crippen LogP contribution in [0.1, 0.15) is 28.4 Å². The highest BCUT2D eigenvalue weighted by Crippen LogP contribution is 2.23. The Balaban J connectivity index is 1.41. The number of aryl methyl sites for hydroxylation is 1. The number of para-hydroxylation sites is 1. The Labute approximate surface area is 209 Å². The van der Waals surface area contributed by atoms with E-state index in [9.17, 15) is 9.59 Å². The molecule has 36 heavy (non-hydrogen) atoms. The number of hydrogen-bond donors (Lipinski definition) is 2. The maximum atomic E-state index is 12.3. The molecule has 0 atom stereocenters. The van der Waals surface area contributed by atoms with Crippen LogP contribution < -0.4 is 15.5 Å². The predicted molar refractivity (Wildman–Crippen MR) is 139 cm³/mol. The van der Waals surface area contributed by atoms with Gasteiger partial charge in [0.1, 0.15) is 11.4 Å². The molecule has 2 amide bonds. The van der Waals surface area contributed by atoms with Crippen LogP contribution in [0, 0.1) is 6.92 Å². The molecule has 1 aromatic heterocycles. The molecule has 0 fully saturated rings. The van der Waals surface area contributed by atoms with Gasteiger partial charge in [-0.2, -0.15) is 10.2 Å². The minimum Gasteiger partial charge on any atom is -0.494 e. The van der Waals surface area contributed by atoms with Gasteiger partial charge in [-0.3, -0.25) is 9.59 Å². The second kappa shape index (κ2) is 11.6. The van der Waals surface area contributed by atoms with E-state index in [-0.39, 0.29) is 12.5 Å². The van der Waals surface area contributed by atoms with Crippen molar-refractivity contribution in [2.75, 3.05) is 13.2 Å². The standard InChI is InChI=1S/C28H27N5O3/c1-3-36-25-15-13-22(14-16-25)28(35)29-18-26(34)31-30-17-23-19-33(24-7-5-4-6-8-24)32-27(23)21-11-9-20(2)10-12-21/h4-17,19H,3,18H2,1-2H3,(H,29,35)(H,31,34)/b30-17-. The molecule has 0 unspecified atom stereocenters. The quantitative estimate of drug-likeness (QED) is 0.278. The van der Waals surface area contributed by atoms with Crippen molar-refractivity contribution in [2.24, 2.45) is 5.10 Å². The van der Waals surface area contributed by atoms with E-state index < -0.39 is 5.91 Å². The van der Waals surface area contributed by atoms with Crippen LogP contribution in [0.25, 0.3) is 16.9 Å². The molecule has 0 saturated heterocycles. The van der Waals surface area contributed by atoms with E-state index in [1.54, 1.807) is 35.2 Å². The topological polar surface area (TPSA) is 97.6 Å². The summed E-state index contributed by atoms with van der Waals surface area (Å²) < 4.78 is 7.14. The third-order valence-electron chi connectivity index (χ3n) is 5.32. The van der Waals surface area contributed by atoms with Gasteiger partial charge in [0.2, 0.25) is 0 Å². The number of hydrazone groups is 1. The summed E-state index contributed by atoms with van der Waals surface area (Å²) in [4.78, 5) is 24.5. The average Bonchev–Trinajstić information content (AvgIpc) is 3.33. The molecule has 0 saturated carbocycles. The van der Waals surface area contributed by atoms with Gasteiger partial charge in [-0.05, 0) is 50.2 Å². The Hall–Kier alpha value is -4.72. The molecule has 1 heterocycles. The fourth-order valence-corrected chi connectivity index (χ4v) is 3.48. The minimum atomic E-state index is -0.446. The van der Waals surface area contributed by atoms with Crippen molar-refractivity contribution >= 4 is 18.0 Å². The van der Waals surface area contributed by atoms with Crippen molar-refractivity contribution in [3.8, 4) is 22.7 Å². The molecule has 182 valence electrons. The van der Waals surface area contributed by atoms with Crippen molar-refractivity contribution in [1.29, 1.82) is 0 Å². The number of ether oxygens (including phenoxy) is 1. The lowest BCUT2D eigenvalue weighted by Crippen LogP contribution is -2.34. The van der Waals surface area contributed by atoms with Crippen molar-refractivity contribution in [3.05, 3.63) is 102 Å². The van der Waals surface area contributed by atoms with Crippen LogP contribution in [-0.2, 0) is 4.79 Å². The van der Waals surface area contributed by atoms with E-state index in [2.05, 4.69) is 15.8 Å². The molecule has 0 bridgehead atoms. The summed E-state index contributed by atoms with van der Waals surface area (Å²) >= 11 is 0. The summed E-state index contributed by atoms with van der Waals surface area (Å²) in [5, 5.41) is 11.4. The maximum Gasteiger partial charge on any atom is 0.259 e. The molecule has 0 aliphatic heterocycles. The van der Waals surface area contributed by atoms with Gasteiger partial charge in [-0.15, -0.1) is 0 Å². The van der Waals surface area contributed by atoms with Crippen LogP contribution >= 0.6 is 0 Å². The monoisotopic (exact) mass is 481 g/mol. The summed E-state index contributed by atoms with van der Waals surface area (Å²) in [5.74, 6) is -0.123. The number of carbonyl (C=O) groups excluding carboxylic acids is 2. The molecule has 0 aliphatic rings. The predicted octanol–water partition coefficient (Wildman–Crippen LogP) is 4.13. The molecule has 0 radical (unpaired) electrons. The number of nitrogens with one attached hydrogen (secondary N) is 2. The van der Waals surface area contributed by atoms with Gasteiger partial charge >= 0.3 is 0 Å². The van der Waals surface area contributed by atoms with E-state index in [0.29, 0.717) is 17.9 Å².